The Morgan fingerprint density at radius 3 is 2.31 bits per heavy atom. The van der Waals surface area contributed by atoms with Crippen molar-refractivity contribution in [1.82, 2.24) is 0 Å². The van der Waals surface area contributed by atoms with Crippen molar-refractivity contribution in [1.29, 1.82) is 0 Å². The van der Waals surface area contributed by atoms with Crippen molar-refractivity contribution >= 4 is 0 Å². The summed E-state index contributed by atoms with van der Waals surface area (Å²) in [4.78, 5) is 0. The normalized spacial score (nSPS) is 30.9. The van der Waals surface area contributed by atoms with Crippen LogP contribution in [0.3, 0.4) is 0 Å². The molecule has 1 heterocycles. The Balaban J connectivity index is 2.49. The first-order valence-corrected chi connectivity index (χ1v) is 5.73. The van der Waals surface area contributed by atoms with Gasteiger partial charge in [-0.1, -0.05) is 27.7 Å². The first-order valence-electron chi connectivity index (χ1n) is 5.73. The Morgan fingerprint density at radius 1 is 1.08 bits per heavy atom. The minimum atomic E-state index is 0.509. The third-order valence-electron chi connectivity index (χ3n) is 3.27. The predicted molar refractivity (Wildman–Crippen MR) is 56.8 cm³/mol. The van der Waals surface area contributed by atoms with Gasteiger partial charge in [-0.2, -0.15) is 0 Å². The van der Waals surface area contributed by atoms with Crippen molar-refractivity contribution in [2.45, 2.75) is 53.1 Å². The van der Waals surface area contributed by atoms with Gasteiger partial charge in [-0.15, -0.1) is 0 Å². The minimum absolute atomic E-state index is 0.509. The summed E-state index contributed by atoms with van der Waals surface area (Å²) in [7, 11) is 0. The van der Waals surface area contributed by atoms with Gasteiger partial charge in [-0.3, -0.25) is 0 Å². The fraction of sp³-hybridized carbons (Fsp3) is 1.00. The molecule has 2 atom stereocenters. The molecule has 1 rings (SSSR count). The zero-order valence-electron chi connectivity index (χ0n) is 9.55. The second-order valence-corrected chi connectivity index (χ2v) is 5.04. The Kier molecular flexibility index (Phi) is 4.24. The third-order valence-corrected chi connectivity index (χ3v) is 3.27. The van der Waals surface area contributed by atoms with E-state index in [0.717, 1.165) is 18.4 Å². The quantitative estimate of drug-likeness (QED) is 0.638. The van der Waals surface area contributed by atoms with E-state index in [1.165, 1.54) is 19.3 Å². The van der Waals surface area contributed by atoms with Crippen molar-refractivity contribution in [3.63, 3.8) is 0 Å². The van der Waals surface area contributed by atoms with Gasteiger partial charge in [0.05, 0.1) is 6.10 Å². The lowest BCUT2D eigenvalue weighted by molar-refractivity contribution is 0.0202. The van der Waals surface area contributed by atoms with E-state index >= 15 is 0 Å². The zero-order chi connectivity index (χ0) is 9.84. The molecule has 0 aromatic heterocycles. The molecule has 1 saturated heterocycles. The molecule has 0 spiro atoms. The van der Waals surface area contributed by atoms with Gasteiger partial charge in [0.25, 0.3) is 0 Å². The van der Waals surface area contributed by atoms with Crippen LogP contribution in [0.5, 0.6) is 0 Å². The molecule has 1 aliphatic rings. The Hall–Kier alpha value is -0.0400. The molecule has 0 aromatic rings. The lowest BCUT2D eigenvalue weighted by Gasteiger charge is -2.24. The van der Waals surface area contributed by atoms with E-state index in [9.17, 15) is 0 Å². The van der Waals surface area contributed by atoms with Crippen LogP contribution in [0.15, 0.2) is 0 Å². The fourth-order valence-corrected chi connectivity index (χ4v) is 2.13. The first kappa shape index (κ1) is 11.0. The van der Waals surface area contributed by atoms with Gasteiger partial charge in [-0.25, -0.2) is 0 Å². The van der Waals surface area contributed by atoms with E-state index in [1.807, 2.05) is 0 Å². The smallest absolute Gasteiger partial charge is 0.0600 e. The van der Waals surface area contributed by atoms with Crippen molar-refractivity contribution in [2.75, 3.05) is 6.61 Å². The largest absolute Gasteiger partial charge is 0.378 e. The molecule has 78 valence electrons. The average molecular weight is 184 g/mol. The van der Waals surface area contributed by atoms with Gasteiger partial charge >= 0.3 is 0 Å². The van der Waals surface area contributed by atoms with Crippen molar-refractivity contribution < 1.29 is 4.74 Å². The van der Waals surface area contributed by atoms with Crippen LogP contribution in [0, 0.1) is 17.8 Å². The van der Waals surface area contributed by atoms with Gasteiger partial charge in [-0.05, 0) is 37.0 Å². The van der Waals surface area contributed by atoms with Crippen LogP contribution in [0.25, 0.3) is 0 Å². The Labute approximate surface area is 82.9 Å². The number of hydrogen-bond acceptors (Lipinski definition) is 1. The van der Waals surface area contributed by atoms with Crippen molar-refractivity contribution in [2.24, 2.45) is 17.8 Å². The molecule has 2 unspecified atom stereocenters. The fourth-order valence-electron chi connectivity index (χ4n) is 2.13. The molecule has 0 radical (unpaired) electrons. The summed E-state index contributed by atoms with van der Waals surface area (Å²) in [5.41, 5.74) is 0. The maximum Gasteiger partial charge on any atom is 0.0600 e. The van der Waals surface area contributed by atoms with Gasteiger partial charge in [0.15, 0.2) is 0 Å². The molecule has 0 aromatic carbocycles. The van der Waals surface area contributed by atoms with E-state index < -0.39 is 0 Å². The summed E-state index contributed by atoms with van der Waals surface area (Å²) in [6.45, 7) is 10.2. The molecule has 1 nitrogen and oxygen atoms in total. The highest BCUT2D eigenvalue weighted by Crippen LogP contribution is 2.29. The van der Waals surface area contributed by atoms with Crippen LogP contribution in [-0.2, 0) is 4.74 Å². The van der Waals surface area contributed by atoms with Crippen molar-refractivity contribution in [3.05, 3.63) is 0 Å². The van der Waals surface area contributed by atoms with E-state index in [1.54, 1.807) is 0 Å². The van der Waals surface area contributed by atoms with Gasteiger partial charge in [0, 0.05) is 6.61 Å². The Morgan fingerprint density at radius 2 is 1.77 bits per heavy atom. The lowest BCUT2D eigenvalue weighted by Crippen LogP contribution is -2.22. The maximum atomic E-state index is 5.84. The highest BCUT2D eigenvalue weighted by Gasteiger charge is 2.24. The summed E-state index contributed by atoms with van der Waals surface area (Å²) in [5.74, 6) is 2.39. The molecular formula is C12H24O. The molecule has 0 N–H and O–H groups in total. The highest BCUT2D eigenvalue weighted by molar-refractivity contribution is 4.74. The summed E-state index contributed by atoms with van der Waals surface area (Å²) < 4.78 is 5.84. The summed E-state index contributed by atoms with van der Waals surface area (Å²) >= 11 is 0. The van der Waals surface area contributed by atoms with Crippen LogP contribution >= 0.6 is 0 Å². The van der Waals surface area contributed by atoms with Crippen LogP contribution in [0.1, 0.15) is 47.0 Å². The number of ether oxygens (including phenoxy) is 1. The molecule has 0 aliphatic carbocycles. The summed E-state index contributed by atoms with van der Waals surface area (Å²) in [6, 6.07) is 0. The number of hydrogen-bond donors (Lipinski definition) is 0. The van der Waals surface area contributed by atoms with E-state index in [-0.39, 0.29) is 0 Å². The Bertz CT molecular complexity index is 124. The van der Waals surface area contributed by atoms with E-state index in [0.29, 0.717) is 12.0 Å². The molecule has 0 bridgehead atoms. The second kappa shape index (κ2) is 4.99. The van der Waals surface area contributed by atoms with Crippen molar-refractivity contribution in [3.8, 4) is 0 Å². The lowest BCUT2D eigenvalue weighted by atomic mass is 9.85. The number of rotatable bonds is 2. The first-order chi connectivity index (χ1) is 6.11. The monoisotopic (exact) mass is 184 g/mol. The molecule has 13 heavy (non-hydrogen) atoms. The van der Waals surface area contributed by atoms with Gasteiger partial charge in [0.2, 0.25) is 0 Å². The molecule has 0 saturated carbocycles. The minimum Gasteiger partial charge on any atom is -0.378 e. The highest BCUT2D eigenvalue weighted by atomic mass is 16.5. The van der Waals surface area contributed by atoms with Gasteiger partial charge in [0.1, 0.15) is 0 Å². The molecule has 1 fully saturated rings. The molecule has 0 amide bonds. The SMILES string of the molecule is CC(C)C1CCCOC(C(C)C)C1. The van der Waals surface area contributed by atoms with E-state index in [4.69, 9.17) is 4.74 Å². The molecular weight excluding hydrogens is 160 g/mol. The summed E-state index contributed by atoms with van der Waals surface area (Å²) in [5, 5.41) is 0. The van der Waals surface area contributed by atoms with Gasteiger partial charge < -0.3 is 4.74 Å². The predicted octanol–water partition coefficient (Wildman–Crippen LogP) is 3.48. The van der Waals surface area contributed by atoms with Crippen LogP contribution in [0.4, 0.5) is 0 Å². The molecule has 1 heteroatoms. The topological polar surface area (TPSA) is 9.23 Å². The van der Waals surface area contributed by atoms with E-state index in [2.05, 4.69) is 27.7 Å². The standard InChI is InChI=1S/C12H24O/c1-9(2)11-6-5-7-13-12(8-11)10(3)4/h9-12H,5-8H2,1-4H3. The van der Waals surface area contributed by atoms with Crippen LogP contribution in [0.2, 0.25) is 0 Å². The van der Waals surface area contributed by atoms with Crippen LogP contribution in [-0.4, -0.2) is 12.7 Å². The zero-order valence-corrected chi connectivity index (χ0v) is 9.55. The van der Waals surface area contributed by atoms with Crippen LogP contribution < -0.4 is 0 Å². The maximum absolute atomic E-state index is 5.84. The molecule has 1 aliphatic heterocycles. The second-order valence-electron chi connectivity index (χ2n) is 5.04. The third kappa shape index (κ3) is 3.30. The average Bonchev–Trinajstić information content (AvgIpc) is 2.28. The summed E-state index contributed by atoms with van der Waals surface area (Å²) in [6.07, 6.45) is 4.40.